The van der Waals surface area contributed by atoms with Crippen LogP contribution in [-0.4, -0.2) is 57.2 Å². The number of halogens is 1. The van der Waals surface area contributed by atoms with Crippen LogP contribution >= 0.6 is 0 Å². The number of ether oxygens (including phenoxy) is 1. The molecule has 1 N–H and O–H groups in total. The quantitative estimate of drug-likeness (QED) is 0.865. The van der Waals surface area contributed by atoms with E-state index < -0.39 is 15.8 Å². The zero-order chi connectivity index (χ0) is 17.3. The third kappa shape index (κ3) is 3.79. The molecule has 3 rings (SSSR count). The van der Waals surface area contributed by atoms with Crippen molar-refractivity contribution in [1.29, 1.82) is 0 Å². The van der Waals surface area contributed by atoms with Crippen molar-refractivity contribution >= 4 is 10.0 Å². The third-order valence-corrected chi connectivity index (χ3v) is 6.96. The number of morpholine rings is 1. The molecule has 2 fully saturated rings. The highest BCUT2D eigenvalue weighted by molar-refractivity contribution is 7.89. The lowest BCUT2D eigenvalue weighted by Gasteiger charge is -2.40. The fraction of sp³-hybridized carbons (Fsp3) is 0.647. The fourth-order valence-corrected chi connectivity index (χ4v) is 5.38. The Kier molecular flexibility index (Phi) is 5.24. The molecule has 1 unspecified atom stereocenters. The Hall–Kier alpha value is -1.02. The first-order valence-electron chi connectivity index (χ1n) is 8.62. The molecule has 0 aliphatic carbocycles. The molecule has 0 amide bonds. The van der Waals surface area contributed by atoms with E-state index in [-0.39, 0.29) is 17.1 Å². The van der Waals surface area contributed by atoms with E-state index in [1.165, 1.54) is 33.5 Å². The first-order valence-corrected chi connectivity index (χ1v) is 10.1. The van der Waals surface area contributed by atoms with Crippen molar-refractivity contribution in [1.82, 2.24) is 4.31 Å². The van der Waals surface area contributed by atoms with E-state index in [0.717, 1.165) is 25.9 Å². The summed E-state index contributed by atoms with van der Waals surface area (Å²) >= 11 is 0. The van der Waals surface area contributed by atoms with Gasteiger partial charge in [0.05, 0.1) is 10.9 Å². The Morgan fingerprint density at radius 3 is 2.17 bits per heavy atom. The van der Waals surface area contributed by atoms with Gasteiger partial charge in [0.25, 0.3) is 0 Å². The van der Waals surface area contributed by atoms with Crippen LogP contribution < -0.4 is 4.90 Å². The molecule has 0 radical (unpaired) electrons. The van der Waals surface area contributed by atoms with Gasteiger partial charge in [0.2, 0.25) is 10.0 Å². The first-order chi connectivity index (χ1) is 11.4. The monoisotopic (exact) mass is 357 g/mol. The van der Waals surface area contributed by atoms with Crippen LogP contribution in [0.25, 0.3) is 0 Å². The van der Waals surface area contributed by atoms with Gasteiger partial charge in [-0.05, 0) is 38.1 Å². The number of quaternary nitrogens is 1. The number of hydrogen-bond acceptors (Lipinski definition) is 3. The van der Waals surface area contributed by atoms with Gasteiger partial charge in [0, 0.05) is 25.9 Å². The molecule has 7 heteroatoms. The van der Waals surface area contributed by atoms with Gasteiger partial charge < -0.3 is 9.64 Å². The maximum Gasteiger partial charge on any atom is 0.243 e. The topological polar surface area (TPSA) is 51.0 Å². The van der Waals surface area contributed by atoms with Crippen LogP contribution in [0.5, 0.6) is 0 Å². The first kappa shape index (κ1) is 17.8. The van der Waals surface area contributed by atoms with Crippen molar-refractivity contribution < 1.29 is 22.4 Å². The van der Waals surface area contributed by atoms with Crippen LogP contribution in [0.1, 0.15) is 26.7 Å². The molecule has 0 bridgehead atoms. The summed E-state index contributed by atoms with van der Waals surface area (Å²) in [5.74, 6) is -0.424. The maximum atomic E-state index is 13.0. The zero-order valence-electron chi connectivity index (χ0n) is 14.2. The molecule has 2 heterocycles. The molecule has 24 heavy (non-hydrogen) atoms. The van der Waals surface area contributed by atoms with Gasteiger partial charge in [-0.3, -0.25) is 0 Å². The molecule has 1 aromatic carbocycles. The summed E-state index contributed by atoms with van der Waals surface area (Å²) in [5.41, 5.74) is 0. The van der Waals surface area contributed by atoms with Crippen LogP contribution in [-0.2, 0) is 14.8 Å². The normalized spacial score (nSPS) is 30.4. The van der Waals surface area contributed by atoms with Crippen molar-refractivity contribution in [3.8, 4) is 0 Å². The van der Waals surface area contributed by atoms with Gasteiger partial charge >= 0.3 is 0 Å². The van der Waals surface area contributed by atoms with Gasteiger partial charge in [-0.1, -0.05) is 0 Å². The second-order valence-electron chi connectivity index (χ2n) is 6.96. The van der Waals surface area contributed by atoms with Gasteiger partial charge in [0.15, 0.2) is 0 Å². The molecule has 0 saturated carbocycles. The number of hydrogen-bond donors (Lipinski definition) is 1. The summed E-state index contributed by atoms with van der Waals surface area (Å²) < 4.78 is 45.7. The maximum absolute atomic E-state index is 13.0. The standard InChI is InChI=1S/C17H25FN2O3S/c1-13-11-19(12-14(2)23-13)16-7-9-20(10-8-16)24(21,22)17-5-3-15(18)4-6-17/h3-6,13-14,16H,7-12H2,1-2H3/p+1/t13-,14+. The Labute approximate surface area is 143 Å². The van der Waals surface area contributed by atoms with E-state index in [1.807, 2.05) is 0 Å². The molecule has 0 aromatic heterocycles. The number of nitrogens with one attached hydrogen (secondary N) is 1. The van der Waals surface area contributed by atoms with Gasteiger partial charge in [-0.2, -0.15) is 4.31 Å². The predicted molar refractivity (Wildman–Crippen MR) is 88.9 cm³/mol. The van der Waals surface area contributed by atoms with E-state index in [9.17, 15) is 12.8 Å². The highest BCUT2D eigenvalue weighted by atomic mass is 32.2. The SMILES string of the molecule is C[C@@H]1C[NH+](C2CCN(S(=O)(=O)c3ccc(F)cc3)CC2)C[C@H](C)O1. The highest BCUT2D eigenvalue weighted by Crippen LogP contribution is 2.20. The highest BCUT2D eigenvalue weighted by Gasteiger charge is 2.36. The minimum absolute atomic E-state index is 0.170. The third-order valence-electron chi connectivity index (χ3n) is 5.05. The Bertz CT molecular complexity index is 647. The largest absolute Gasteiger partial charge is 0.364 e. The van der Waals surface area contributed by atoms with Crippen molar-refractivity contribution in [3.63, 3.8) is 0 Å². The number of sulfonamides is 1. The average molecular weight is 357 g/mol. The summed E-state index contributed by atoms with van der Waals surface area (Å²) in [7, 11) is -3.52. The van der Waals surface area contributed by atoms with Crippen LogP contribution in [0.3, 0.4) is 0 Å². The molecule has 5 nitrogen and oxygen atoms in total. The van der Waals surface area contributed by atoms with Crippen LogP contribution in [0.15, 0.2) is 29.2 Å². The summed E-state index contributed by atoms with van der Waals surface area (Å²) in [6, 6.07) is 5.56. The summed E-state index contributed by atoms with van der Waals surface area (Å²) in [5, 5.41) is 0. The van der Waals surface area contributed by atoms with Crippen LogP contribution in [0.4, 0.5) is 4.39 Å². The Morgan fingerprint density at radius 1 is 1.08 bits per heavy atom. The second-order valence-corrected chi connectivity index (χ2v) is 8.89. The van der Waals surface area contributed by atoms with Crippen LogP contribution in [0, 0.1) is 5.82 Å². The number of rotatable bonds is 3. The lowest BCUT2D eigenvalue weighted by Crippen LogP contribution is -3.19. The van der Waals surface area contributed by atoms with Crippen molar-refractivity contribution in [2.45, 2.75) is 49.8 Å². The second kappa shape index (κ2) is 7.07. The van der Waals surface area contributed by atoms with E-state index in [1.54, 1.807) is 0 Å². The number of piperidine rings is 1. The molecular formula is C17H26FN2O3S+. The van der Waals surface area contributed by atoms with Gasteiger partial charge in [-0.25, -0.2) is 12.8 Å². The molecule has 0 spiro atoms. The smallest absolute Gasteiger partial charge is 0.243 e. The summed E-state index contributed by atoms with van der Waals surface area (Å²) in [6.45, 7) is 7.22. The minimum Gasteiger partial charge on any atom is -0.364 e. The molecule has 134 valence electrons. The van der Waals surface area contributed by atoms with Crippen molar-refractivity contribution in [2.24, 2.45) is 0 Å². The van der Waals surface area contributed by atoms with E-state index in [0.29, 0.717) is 19.1 Å². The zero-order valence-corrected chi connectivity index (χ0v) is 15.1. The summed E-state index contributed by atoms with van der Waals surface area (Å²) in [4.78, 5) is 1.70. The number of benzene rings is 1. The molecular weight excluding hydrogens is 331 g/mol. The number of nitrogens with zero attached hydrogens (tertiary/aromatic N) is 1. The molecule has 2 aliphatic rings. The van der Waals surface area contributed by atoms with E-state index in [4.69, 9.17) is 4.74 Å². The Morgan fingerprint density at radius 2 is 1.62 bits per heavy atom. The average Bonchev–Trinajstić information content (AvgIpc) is 2.54. The minimum atomic E-state index is -3.52. The van der Waals surface area contributed by atoms with E-state index in [2.05, 4.69) is 13.8 Å². The van der Waals surface area contributed by atoms with Gasteiger partial charge in [0.1, 0.15) is 31.1 Å². The van der Waals surface area contributed by atoms with Crippen molar-refractivity contribution in [3.05, 3.63) is 30.1 Å². The van der Waals surface area contributed by atoms with E-state index >= 15 is 0 Å². The molecule has 1 aromatic rings. The van der Waals surface area contributed by atoms with Crippen molar-refractivity contribution in [2.75, 3.05) is 26.2 Å². The molecule has 2 saturated heterocycles. The van der Waals surface area contributed by atoms with Gasteiger partial charge in [-0.15, -0.1) is 0 Å². The lowest BCUT2D eigenvalue weighted by atomic mass is 10.0. The lowest BCUT2D eigenvalue weighted by molar-refractivity contribution is -0.940. The Balaban J connectivity index is 1.63. The fourth-order valence-electron chi connectivity index (χ4n) is 3.91. The molecule has 2 aliphatic heterocycles. The summed E-state index contributed by atoms with van der Waals surface area (Å²) in [6.07, 6.45) is 2.22. The molecule has 3 atom stereocenters. The predicted octanol–water partition coefficient (Wildman–Crippen LogP) is 0.671. The van der Waals surface area contributed by atoms with Crippen LogP contribution in [0.2, 0.25) is 0 Å².